The number of aliphatic carboxylic acids is 1. The van der Waals surface area contributed by atoms with Gasteiger partial charge in [-0.3, -0.25) is 14.5 Å². The molecule has 4 heterocycles. The summed E-state index contributed by atoms with van der Waals surface area (Å²) in [6.07, 6.45) is 4.33. The van der Waals surface area contributed by atoms with E-state index in [-0.39, 0.29) is 29.0 Å². The third kappa shape index (κ3) is 4.46. The first-order valence-corrected chi connectivity index (χ1v) is 14.1. The van der Waals surface area contributed by atoms with Crippen molar-refractivity contribution in [2.75, 3.05) is 18.1 Å². The third-order valence-electron chi connectivity index (χ3n) is 6.11. The highest BCUT2D eigenvalue weighted by molar-refractivity contribution is 8.00. The smallest absolute Gasteiger partial charge is 0.352 e. The van der Waals surface area contributed by atoms with Crippen LogP contribution in [0.5, 0.6) is 0 Å². The lowest BCUT2D eigenvalue weighted by Crippen LogP contribution is -2.71. The number of fused-ring (bicyclic) bond motifs is 2. The van der Waals surface area contributed by atoms with Gasteiger partial charge < -0.3 is 21.0 Å². The summed E-state index contributed by atoms with van der Waals surface area (Å²) in [5.41, 5.74) is 9.40. The molecular weight excluding hydrogens is 526 g/mol. The van der Waals surface area contributed by atoms with Gasteiger partial charge in [-0.2, -0.15) is 13.9 Å². The number of carbonyl (C=O) groups is 3. The van der Waals surface area contributed by atoms with E-state index in [1.54, 1.807) is 18.3 Å². The van der Waals surface area contributed by atoms with Gasteiger partial charge in [0.05, 0.1) is 4.88 Å². The Morgan fingerprint density at radius 1 is 1.39 bits per heavy atom. The zero-order valence-electron chi connectivity index (χ0n) is 19.3. The minimum atomic E-state index is -1.15. The summed E-state index contributed by atoms with van der Waals surface area (Å²) in [6.45, 7) is 2.34. The van der Waals surface area contributed by atoms with Gasteiger partial charge in [0.25, 0.3) is 11.8 Å². The van der Waals surface area contributed by atoms with Crippen molar-refractivity contribution in [1.29, 1.82) is 0 Å². The molecule has 0 unspecified atom stereocenters. The molecule has 190 valence electrons. The number of nitrogens with zero attached hydrogens (tertiary/aromatic N) is 5. The SMILES string of the molecule is CCO/N=C(\C(=O)N[C@@H]1C(=O)N2C(C(=O)O)=C(C[n+]3csc4c3CCCC4)CS[C@@H]12)c1nsc(N)n1. The fourth-order valence-corrected chi connectivity index (χ4v) is 7.32. The van der Waals surface area contributed by atoms with Gasteiger partial charge in [0, 0.05) is 29.3 Å². The number of carboxylic acid groups (broad SMARTS) is 1. The molecule has 1 aliphatic carbocycles. The predicted octanol–water partition coefficient (Wildman–Crippen LogP) is 0.528. The van der Waals surface area contributed by atoms with E-state index in [1.807, 2.05) is 5.51 Å². The molecule has 15 heteroatoms. The van der Waals surface area contributed by atoms with Crippen molar-refractivity contribution in [3.8, 4) is 0 Å². The number of aryl methyl sites for hydroxylation is 1. The number of hydrogen-bond donors (Lipinski definition) is 3. The lowest BCUT2D eigenvalue weighted by molar-refractivity contribution is -0.692. The quantitative estimate of drug-likeness (QED) is 0.184. The summed E-state index contributed by atoms with van der Waals surface area (Å²) >= 11 is 4.03. The highest BCUT2D eigenvalue weighted by atomic mass is 32.2. The zero-order valence-corrected chi connectivity index (χ0v) is 21.7. The molecule has 4 N–H and O–H groups in total. The molecule has 5 rings (SSSR count). The predicted molar refractivity (Wildman–Crippen MR) is 133 cm³/mol. The van der Waals surface area contributed by atoms with Crippen molar-refractivity contribution in [2.24, 2.45) is 5.16 Å². The van der Waals surface area contributed by atoms with Crippen molar-refractivity contribution in [3.63, 3.8) is 0 Å². The minimum Gasteiger partial charge on any atom is -0.477 e. The van der Waals surface area contributed by atoms with Gasteiger partial charge >= 0.3 is 5.97 Å². The van der Waals surface area contributed by atoms with Crippen LogP contribution in [0, 0.1) is 0 Å². The van der Waals surface area contributed by atoms with Crippen LogP contribution in [0.1, 0.15) is 36.2 Å². The van der Waals surface area contributed by atoms with Crippen LogP contribution in [0.3, 0.4) is 0 Å². The largest absolute Gasteiger partial charge is 0.477 e. The van der Waals surface area contributed by atoms with Crippen LogP contribution in [-0.4, -0.2) is 66.6 Å². The number of carboxylic acids is 1. The Morgan fingerprint density at radius 3 is 2.92 bits per heavy atom. The number of aromatic nitrogens is 3. The number of rotatable bonds is 8. The second kappa shape index (κ2) is 10.1. The molecule has 12 nitrogen and oxygen atoms in total. The first kappa shape index (κ1) is 24.6. The fourth-order valence-electron chi connectivity index (χ4n) is 4.48. The first-order valence-electron chi connectivity index (χ1n) is 11.4. The number of anilines is 1. The Hall–Kier alpha value is -3.04. The van der Waals surface area contributed by atoms with Crippen LogP contribution in [-0.2, 0) is 38.6 Å². The van der Waals surface area contributed by atoms with E-state index in [9.17, 15) is 19.5 Å². The zero-order chi connectivity index (χ0) is 25.4. The summed E-state index contributed by atoms with van der Waals surface area (Å²) in [7, 11) is 0. The van der Waals surface area contributed by atoms with E-state index in [1.165, 1.54) is 33.7 Å². The van der Waals surface area contributed by atoms with E-state index in [2.05, 4.69) is 24.4 Å². The fraction of sp³-hybridized carbons (Fsp3) is 0.476. The van der Waals surface area contributed by atoms with Crippen LogP contribution in [0.15, 0.2) is 21.9 Å². The molecule has 2 amide bonds. The highest BCUT2D eigenvalue weighted by Crippen LogP contribution is 2.40. The Bertz CT molecular complexity index is 1290. The van der Waals surface area contributed by atoms with E-state index in [0.717, 1.165) is 30.8 Å². The van der Waals surface area contributed by atoms with Gasteiger partial charge in [0.2, 0.25) is 17.0 Å². The number of oxime groups is 1. The number of thioether (sulfide) groups is 1. The Morgan fingerprint density at radius 2 is 2.19 bits per heavy atom. The number of thiazole rings is 1. The molecule has 1 fully saturated rings. The minimum absolute atomic E-state index is 0.00495. The summed E-state index contributed by atoms with van der Waals surface area (Å²) in [4.78, 5) is 49.9. The van der Waals surface area contributed by atoms with Crippen molar-refractivity contribution in [1.82, 2.24) is 19.6 Å². The normalized spacial score (nSPS) is 21.5. The molecule has 0 bridgehead atoms. The molecule has 1 saturated heterocycles. The summed E-state index contributed by atoms with van der Waals surface area (Å²) in [6, 6.07) is -0.914. The molecule has 2 aromatic heterocycles. The lowest BCUT2D eigenvalue weighted by atomic mass is 10.0. The molecular formula is C21H24N7O5S3+. The average Bonchev–Trinajstić information content (AvgIpc) is 3.48. The summed E-state index contributed by atoms with van der Waals surface area (Å²) < 4.78 is 6.12. The molecule has 0 radical (unpaired) electrons. The summed E-state index contributed by atoms with van der Waals surface area (Å²) in [5.74, 6) is -1.92. The van der Waals surface area contributed by atoms with Crippen molar-refractivity contribution in [3.05, 3.63) is 33.2 Å². The third-order valence-corrected chi connectivity index (χ3v) is 9.08. The Kier molecular flexibility index (Phi) is 6.94. The molecule has 2 atom stereocenters. The van der Waals surface area contributed by atoms with Gasteiger partial charge in [0.1, 0.15) is 23.7 Å². The molecule has 2 aliphatic heterocycles. The number of nitrogens with one attached hydrogen (secondary N) is 1. The number of hydrogen-bond acceptors (Lipinski definition) is 11. The van der Waals surface area contributed by atoms with Crippen LogP contribution < -0.4 is 15.6 Å². The van der Waals surface area contributed by atoms with Crippen LogP contribution in [0.2, 0.25) is 0 Å². The maximum Gasteiger partial charge on any atom is 0.352 e. The lowest BCUT2D eigenvalue weighted by Gasteiger charge is -2.49. The van der Waals surface area contributed by atoms with Gasteiger partial charge in [-0.25, -0.2) is 4.79 Å². The second-order valence-electron chi connectivity index (χ2n) is 8.36. The van der Waals surface area contributed by atoms with Crippen molar-refractivity contribution < 1.29 is 28.9 Å². The molecule has 36 heavy (non-hydrogen) atoms. The number of amides is 2. The number of carbonyl (C=O) groups excluding carboxylic acids is 2. The van der Waals surface area contributed by atoms with E-state index in [0.29, 0.717) is 17.9 Å². The standard InChI is InChI=1S/C21H23N7O5S3/c1-2-33-25-13(16-24-21(22)36-26-16)17(29)23-14-18(30)28-15(20(31)32)10(8-34-19(14)28)7-27-9-35-12-6-4-3-5-11(12)27/h9,14,19H,2-8H2,1H3,(H3-,22,23,24,26,29,31,32)/p+1/b25-13-/t14-,19+/m1/s1. The molecule has 2 aromatic rings. The molecule has 0 aromatic carbocycles. The van der Waals surface area contributed by atoms with Gasteiger partial charge in [-0.05, 0) is 26.2 Å². The number of nitrogens with two attached hydrogens (primary N) is 1. The monoisotopic (exact) mass is 550 g/mol. The maximum absolute atomic E-state index is 13.1. The molecule has 0 saturated carbocycles. The van der Waals surface area contributed by atoms with E-state index >= 15 is 0 Å². The van der Waals surface area contributed by atoms with Crippen LogP contribution in [0.25, 0.3) is 0 Å². The second-order valence-corrected chi connectivity index (χ2v) is 11.2. The van der Waals surface area contributed by atoms with Crippen molar-refractivity contribution >= 4 is 63.3 Å². The van der Waals surface area contributed by atoms with Gasteiger partial charge in [-0.1, -0.05) is 16.5 Å². The topological polar surface area (TPSA) is 164 Å². The average molecular weight is 551 g/mol. The van der Waals surface area contributed by atoms with Crippen molar-refractivity contribution in [2.45, 2.75) is 50.6 Å². The first-order chi connectivity index (χ1) is 17.4. The summed E-state index contributed by atoms with van der Waals surface area (Å²) in [5, 5.41) is 16.1. The van der Waals surface area contributed by atoms with Gasteiger partial charge in [0.15, 0.2) is 17.4 Å². The van der Waals surface area contributed by atoms with E-state index in [4.69, 9.17) is 10.6 Å². The van der Waals surface area contributed by atoms with E-state index < -0.39 is 29.2 Å². The highest BCUT2D eigenvalue weighted by Gasteiger charge is 2.55. The maximum atomic E-state index is 13.1. The number of β-lactam (4-membered cyclic amide) rings is 1. The number of nitrogen functional groups attached to an aromatic ring is 1. The van der Waals surface area contributed by atoms with Crippen LogP contribution >= 0.6 is 34.6 Å². The molecule has 0 spiro atoms. The van der Waals surface area contributed by atoms with Crippen LogP contribution in [0.4, 0.5) is 5.13 Å². The Balaban J connectivity index is 1.35. The van der Waals surface area contributed by atoms with Gasteiger partial charge in [-0.15, -0.1) is 11.8 Å². The Labute approximate surface area is 218 Å². The molecule has 3 aliphatic rings.